The SMILES string of the molecule is CCN(CC)C(=O)CSC1=C(C(=O)[O-])N2C(=O)C[C@H]2S1.[Na+]. The number of fused-ring (bicyclic) bond motifs is 1. The van der Waals surface area contributed by atoms with Gasteiger partial charge in [0, 0.05) is 13.1 Å². The molecule has 110 valence electrons. The third kappa shape index (κ3) is 3.79. The summed E-state index contributed by atoms with van der Waals surface area (Å²) in [5, 5.41) is 11.0. The Morgan fingerprint density at radius 3 is 2.52 bits per heavy atom. The van der Waals surface area contributed by atoms with Gasteiger partial charge in [-0.15, -0.1) is 11.8 Å². The standard InChI is InChI=1S/C12H16N2O4S2.Na/c1-3-13(4-2)8(16)6-19-12-10(11(17)18)14-7(15)5-9(14)20-12;/h9H,3-6H2,1-2H3,(H,17,18);/q;+1/p-1/t9-;/m1./s1. The molecule has 6 nitrogen and oxygen atoms in total. The minimum Gasteiger partial charge on any atom is -0.543 e. The largest absolute Gasteiger partial charge is 1.00 e. The molecule has 0 radical (unpaired) electrons. The predicted molar refractivity (Wildman–Crippen MR) is 75.3 cm³/mol. The second kappa shape index (κ2) is 7.92. The van der Waals surface area contributed by atoms with Gasteiger partial charge in [0.05, 0.1) is 33.5 Å². The van der Waals surface area contributed by atoms with Crippen LogP contribution in [0.5, 0.6) is 0 Å². The number of hydrogen-bond donors (Lipinski definition) is 0. The van der Waals surface area contributed by atoms with Gasteiger partial charge in [0.15, 0.2) is 0 Å². The van der Waals surface area contributed by atoms with Crippen molar-refractivity contribution in [2.24, 2.45) is 0 Å². The molecule has 2 rings (SSSR count). The number of rotatable bonds is 6. The Bertz CT molecular complexity index is 494. The first-order valence-corrected chi connectivity index (χ1v) is 8.21. The van der Waals surface area contributed by atoms with E-state index in [9.17, 15) is 19.5 Å². The van der Waals surface area contributed by atoms with Gasteiger partial charge in [0.1, 0.15) is 0 Å². The van der Waals surface area contributed by atoms with Crippen LogP contribution in [0, 0.1) is 0 Å². The van der Waals surface area contributed by atoms with Gasteiger partial charge in [-0.05, 0) is 13.8 Å². The number of nitrogens with zero attached hydrogens (tertiary/aromatic N) is 2. The second-order valence-corrected chi connectivity index (χ2v) is 6.75. The molecule has 1 saturated heterocycles. The third-order valence-electron chi connectivity index (χ3n) is 3.22. The third-order valence-corrected chi connectivity index (χ3v) is 5.77. The molecular formula is C12H15N2NaO4S2. The Kier molecular flexibility index (Phi) is 7.12. The maximum Gasteiger partial charge on any atom is 1.00 e. The second-order valence-electron chi connectivity index (χ2n) is 4.32. The van der Waals surface area contributed by atoms with Gasteiger partial charge in [-0.1, -0.05) is 11.8 Å². The van der Waals surface area contributed by atoms with Gasteiger partial charge in [-0.3, -0.25) is 14.5 Å². The van der Waals surface area contributed by atoms with E-state index >= 15 is 0 Å². The molecular weight excluding hydrogens is 323 g/mol. The number of amides is 2. The van der Waals surface area contributed by atoms with Gasteiger partial charge >= 0.3 is 29.6 Å². The molecule has 0 unspecified atom stereocenters. The summed E-state index contributed by atoms with van der Waals surface area (Å²) in [5.41, 5.74) is -0.0754. The van der Waals surface area contributed by atoms with Crippen molar-refractivity contribution in [3.63, 3.8) is 0 Å². The average Bonchev–Trinajstić information content (AvgIpc) is 2.70. The van der Waals surface area contributed by atoms with Crippen LogP contribution in [0.25, 0.3) is 0 Å². The number of hydrogen-bond acceptors (Lipinski definition) is 6. The Hall–Kier alpha value is -0.150. The summed E-state index contributed by atoms with van der Waals surface area (Å²) in [4.78, 5) is 37.4. The summed E-state index contributed by atoms with van der Waals surface area (Å²) in [6.45, 7) is 5.05. The minimum atomic E-state index is -1.36. The first-order valence-electron chi connectivity index (χ1n) is 6.34. The van der Waals surface area contributed by atoms with Crippen molar-refractivity contribution in [2.45, 2.75) is 25.6 Å². The number of β-lactam (4-membered cyclic amide) rings is 1. The van der Waals surface area contributed by atoms with Crippen LogP contribution in [0.15, 0.2) is 9.93 Å². The fraction of sp³-hybridized carbons (Fsp3) is 0.583. The van der Waals surface area contributed by atoms with Gasteiger partial charge < -0.3 is 14.8 Å². The first kappa shape index (κ1) is 18.9. The molecule has 0 saturated carbocycles. The molecule has 0 aromatic heterocycles. The van der Waals surface area contributed by atoms with Crippen LogP contribution in [-0.2, 0) is 14.4 Å². The summed E-state index contributed by atoms with van der Waals surface area (Å²) in [7, 11) is 0. The van der Waals surface area contributed by atoms with Crippen molar-refractivity contribution < 1.29 is 49.0 Å². The van der Waals surface area contributed by atoms with Crippen molar-refractivity contribution in [1.82, 2.24) is 9.80 Å². The molecule has 21 heavy (non-hydrogen) atoms. The molecule has 2 amide bonds. The Morgan fingerprint density at radius 2 is 2.05 bits per heavy atom. The molecule has 0 bridgehead atoms. The van der Waals surface area contributed by atoms with E-state index in [0.29, 0.717) is 23.7 Å². The van der Waals surface area contributed by atoms with Gasteiger partial charge in [0.25, 0.3) is 0 Å². The van der Waals surface area contributed by atoms with Crippen LogP contribution in [0.1, 0.15) is 20.3 Å². The summed E-state index contributed by atoms with van der Waals surface area (Å²) >= 11 is 2.50. The zero-order valence-electron chi connectivity index (χ0n) is 12.2. The number of carbonyl (C=O) groups excluding carboxylic acids is 3. The van der Waals surface area contributed by atoms with E-state index in [0.717, 1.165) is 0 Å². The van der Waals surface area contributed by atoms with E-state index < -0.39 is 5.97 Å². The van der Waals surface area contributed by atoms with E-state index in [-0.39, 0.29) is 58.2 Å². The van der Waals surface area contributed by atoms with E-state index in [2.05, 4.69) is 0 Å². The molecule has 2 heterocycles. The predicted octanol–water partition coefficient (Wildman–Crippen LogP) is -3.18. The van der Waals surface area contributed by atoms with Gasteiger partial charge in [-0.2, -0.15) is 0 Å². The first-order chi connectivity index (χ1) is 9.49. The smallest absolute Gasteiger partial charge is 0.543 e. The van der Waals surface area contributed by atoms with Crippen LogP contribution in [0.2, 0.25) is 0 Å². The van der Waals surface area contributed by atoms with Crippen molar-refractivity contribution in [2.75, 3.05) is 18.8 Å². The fourth-order valence-corrected chi connectivity index (χ4v) is 4.74. The maximum atomic E-state index is 11.9. The molecule has 0 aromatic rings. The maximum absolute atomic E-state index is 11.9. The Morgan fingerprint density at radius 1 is 1.43 bits per heavy atom. The number of aliphatic carboxylic acids is 1. The topological polar surface area (TPSA) is 80.8 Å². The number of carbonyl (C=O) groups is 3. The van der Waals surface area contributed by atoms with Crippen molar-refractivity contribution >= 4 is 41.3 Å². The molecule has 0 aliphatic carbocycles. The van der Waals surface area contributed by atoms with Crippen molar-refractivity contribution in [3.05, 3.63) is 9.93 Å². The van der Waals surface area contributed by atoms with Crippen LogP contribution in [0.3, 0.4) is 0 Å². The molecule has 0 N–H and O–H groups in total. The summed E-state index contributed by atoms with van der Waals surface area (Å²) < 4.78 is 0.501. The number of carboxylic acids is 1. The van der Waals surface area contributed by atoms with Gasteiger partial charge in [-0.25, -0.2) is 0 Å². The molecule has 1 fully saturated rings. The summed E-state index contributed by atoms with van der Waals surface area (Å²) in [5.74, 6) is -1.42. The zero-order valence-corrected chi connectivity index (χ0v) is 15.9. The van der Waals surface area contributed by atoms with E-state index in [1.54, 1.807) is 4.90 Å². The molecule has 0 aromatic carbocycles. The molecule has 9 heteroatoms. The van der Waals surface area contributed by atoms with Crippen LogP contribution >= 0.6 is 23.5 Å². The van der Waals surface area contributed by atoms with Crippen LogP contribution in [-0.4, -0.2) is 51.8 Å². The number of thioether (sulfide) groups is 2. The Balaban J connectivity index is 0.00000220. The summed E-state index contributed by atoms with van der Waals surface area (Å²) in [6, 6.07) is 0. The number of carboxylic acid groups (broad SMARTS) is 1. The Labute approximate surface area is 154 Å². The summed E-state index contributed by atoms with van der Waals surface area (Å²) in [6.07, 6.45) is 0.343. The van der Waals surface area contributed by atoms with E-state index in [1.165, 1.54) is 28.4 Å². The monoisotopic (exact) mass is 338 g/mol. The quantitative estimate of drug-likeness (QED) is 0.375. The van der Waals surface area contributed by atoms with Crippen LogP contribution in [0.4, 0.5) is 0 Å². The molecule has 1 atom stereocenters. The van der Waals surface area contributed by atoms with Crippen LogP contribution < -0.4 is 34.7 Å². The van der Waals surface area contributed by atoms with Crippen molar-refractivity contribution in [3.8, 4) is 0 Å². The molecule has 2 aliphatic heterocycles. The normalized spacial score (nSPS) is 19.8. The van der Waals surface area contributed by atoms with E-state index in [1.807, 2.05) is 13.8 Å². The zero-order chi connectivity index (χ0) is 14.9. The minimum absolute atomic E-state index is 0. The van der Waals surface area contributed by atoms with E-state index in [4.69, 9.17) is 0 Å². The average molecular weight is 338 g/mol. The van der Waals surface area contributed by atoms with Gasteiger partial charge in [0.2, 0.25) is 11.8 Å². The van der Waals surface area contributed by atoms with Crippen molar-refractivity contribution in [1.29, 1.82) is 0 Å². The molecule has 2 aliphatic rings. The fourth-order valence-electron chi connectivity index (χ4n) is 2.11. The molecule has 0 spiro atoms.